The topological polar surface area (TPSA) is 47.7 Å². The molecular weight excluding hydrogens is 264 g/mol. The van der Waals surface area contributed by atoms with Gasteiger partial charge in [-0.1, -0.05) is 26.8 Å². The highest BCUT2D eigenvalue weighted by atomic mass is 16.5. The number of hydrogen-bond acceptors (Lipinski definition) is 4. The largest absolute Gasteiger partial charge is 0.493 e. The predicted octanol–water partition coefficient (Wildman–Crippen LogP) is 2.55. The molecule has 1 aromatic carbocycles. The Bertz CT molecular complexity index is 433. The molecule has 0 fully saturated rings. The highest BCUT2D eigenvalue weighted by Gasteiger charge is 2.25. The molecule has 0 aliphatic carbocycles. The first-order chi connectivity index (χ1) is 10.0. The van der Waals surface area contributed by atoms with E-state index in [9.17, 15) is 0 Å². The highest BCUT2D eigenvalue weighted by molar-refractivity contribution is 5.43. The van der Waals surface area contributed by atoms with Crippen LogP contribution in [0.3, 0.4) is 0 Å². The summed E-state index contributed by atoms with van der Waals surface area (Å²) < 4.78 is 10.7. The number of hydrogen-bond donors (Lipinski definition) is 1. The van der Waals surface area contributed by atoms with E-state index in [0.29, 0.717) is 6.54 Å². The third-order valence-corrected chi connectivity index (χ3v) is 4.07. The molecule has 0 heterocycles. The summed E-state index contributed by atoms with van der Waals surface area (Å²) in [4.78, 5) is 2.42. The number of ether oxygens (including phenoxy) is 2. The lowest BCUT2D eigenvalue weighted by Crippen LogP contribution is -2.42. The van der Waals surface area contributed by atoms with E-state index in [4.69, 9.17) is 15.2 Å². The lowest BCUT2D eigenvalue weighted by atomic mass is 9.83. The Labute approximate surface area is 129 Å². The summed E-state index contributed by atoms with van der Waals surface area (Å²) in [6.07, 6.45) is 0.931. The molecule has 120 valence electrons. The molecule has 0 aliphatic heterocycles. The maximum Gasteiger partial charge on any atom is 0.160 e. The summed E-state index contributed by atoms with van der Waals surface area (Å²) >= 11 is 0. The van der Waals surface area contributed by atoms with E-state index in [1.807, 2.05) is 6.07 Å². The van der Waals surface area contributed by atoms with Crippen LogP contribution >= 0.6 is 0 Å². The Balaban J connectivity index is 2.90. The second-order valence-corrected chi connectivity index (χ2v) is 5.84. The molecule has 2 N–H and O–H groups in total. The number of methoxy groups -OCH3 is 2. The van der Waals surface area contributed by atoms with Gasteiger partial charge in [0.05, 0.1) is 14.2 Å². The fourth-order valence-electron chi connectivity index (χ4n) is 2.66. The Hall–Kier alpha value is -1.26. The standard InChI is InChI=1S/C17H30N2O2/c1-6-19(7-2)13-17(3,12-18)11-14-8-9-15(20-4)16(10-14)21-5/h8-10H,6-7,11-13,18H2,1-5H3. The average Bonchev–Trinajstić information content (AvgIpc) is 2.52. The van der Waals surface area contributed by atoms with Crippen LogP contribution in [0.2, 0.25) is 0 Å². The zero-order valence-electron chi connectivity index (χ0n) is 14.1. The summed E-state index contributed by atoms with van der Waals surface area (Å²) in [5.41, 5.74) is 7.35. The highest BCUT2D eigenvalue weighted by Crippen LogP contribution is 2.31. The van der Waals surface area contributed by atoms with Gasteiger partial charge in [-0.15, -0.1) is 0 Å². The minimum atomic E-state index is 0.0611. The second kappa shape index (κ2) is 8.25. The Morgan fingerprint density at radius 1 is 1.10 bits per heavy atom. The van der Waals surface area contributed by atoms with Gasteiger partial charge in [0, 0.05) is 6.54 Å². The minimum Gasteiger partial charge on any atom is -0.493 e. The van der Waals surface area contributed by atoms with E-state index in [-0.39, 0.29) is 5.41 Å². The summed E-state index contributed by atoms with van der Waals surface area (Å²) in [5.74, 6) is 1.54. The molecule has 1 rings (SSSR count). The van der Waals surface area contributed by atoms with Crippen molar-refractivity contribution in [2.24, 2.45) is 11.1 Å². The molecule has 21 heavy (non-hydrogen) atoms. The number of nitrogens with two attached hydrogens (primary N) is 1. The van der Waals surface area contributed by atoms with Crippen molar-refractivity contribution in [2.45, 2.75) is 27.2 Å². The molecule has 0 saturated heterocycles. The average molecular weight is 294 g/mol. The van der Waals surface area contributed by atoms with Crippen molar-refractivity contribution < 1.29 is 9.47 Å². The summed E-state index contributed by atoms with van der Waals surface area (Å²) in [7, 11) is 3.32. The number of nitrogens with zero attached hydrogens (tertiary/aromatic N) is 1. The van der Waals surface area contributed by atoms with Gasteiger partial charge in [0.15, 0.2) is 11.5 Å². The molecule has 0 amide bonds. The van der Waals surface area contributed by atoms with Crippen molar-refractivity contribution in [3.63, 3.8) is 0 Å². The van der Waals surface area contributed by atoms with Gasteiger partial charge < -0.3 is 20.1 Å². The van der Waals surface area contributed by atoms with Gasteiger partial charge in [0.25, 0.3) is 0 Å². The van der Waals surface area contributed by atoms with Crippen LogP contribution in [0.15, 0.2) is 18.2 Å². The predicted molar refractivity (Wildman–Crippen MR) is 88.2 cm³/mol. The Morgan fingerprint density at radius 3 is 2.19 bits per heavy atom. The Morgan fingerprint density at radius 2 is 1.71 bits per heavy atom. The first kappa shape index (κ1) is 17.8. The zero-order chi connectivity index (χ0) is 15.9. The van der Waals surface area contributed by atoms with Crippen LogP contribution in [0.5, 0.6) is 11.5 Å². The smallest absolute Gasteiger partial charge is 0.160 e. The Kier molecular flexibility index (Phi) is 6.99. The van der Waals surface area contributed by atoms with Crippen molar-refractivity contribution in [1.29, 1.82) is 0 Å². The minimum absolute atomic E-state index is 0.0611. The molecular formula is C17H30N2O2. The zero-order valence-corrected chi connectivity index (χ0v) is 14.1. The van der Waals surface area contributed by atoms with Crippen LogP contribution in [0.4, 0.5) is 0 Å². The van der Waals surface area contributed by atoms with Crippen molar-refractivity contribution in [3.05, 3.63) is 23.8 Å². The van der Waals surface area contributed by atoms with Crippen molar-refractivity contribution in [1.82, 2.24) is 4.90 Å². The van der Waals surface area contributed by atoms with E-state index in [2.05, 4.69) is 37.8 Å². The van der Waals surface area contributed by atoms with Gasteiger partial charge in [0.2, 0.25) is 0 Å². The molecule has 1 atom stereocenters. The SMILES string of the molecule is CCN(CC)CC(C)(CN)Cc1ccc(OC)c(OC)c1. The summed E-state index contributed by atoms with van der Waals surface area (Å²) in [6, 6.07) is 6.11. The van der Waals surface area contributed by atoms with Gasteiger partial charge in [0.1, 0.15) is 0 Å². The third kappa shape index (κ3) is 4.90. The molecule has 4 heteroatoms. The van der Waals surface area contributed by atoms with Crippen LogP contribution in [0.1, 0.15) is 26.3 Å². The fraction of sp³-hybridized carbons (Fsp3) is 0.647. The van der Waals surface area contributed by atoms with Crippen LogP contribution in [-0.4, -0.2) is 45.3 Å². The lowest BCUT2D eigenvalue weighted by molar-refractivity contribution is 0.181. The van der Waals surface area contributed by atoms with Crippen LogP contribution in [-0.2, 0) is 6.42 Å². The molecule has 0 bridgehead atoms. The van der Waals surface area contributed by atoms with Crippen LogP contribution in [0, 0.1) is 5.41 Å². The van der Waals surface area contributed by atoms with Gasteiger partial charge in [-0.2, -0.15) is 0 Å². The lowest BCUT2D eigenvalue weighted by Gasteiger charge is -2.34. The number of benzene rings is 1. The summed E-state index contributed by atoms with van der Waals surface area (Å²) in [6.45, 7) is 10.4. The molecule has 0 aromatic heterocycles. The maximum atomic E-state index is 6.06. The van der Waals surface area contributed by atoms with E-state index < -0.39 is 0 Å². The molecule has 0 spiro atoms. The maximum absolute atomic E-state index is 6.06. The first-order valence-electron chi connectivity index (χ1n) is 7.65. The van der Waals surface area contributed by atoms with Crippen molar-refractivity contribution in [3.8, 4) is 11.5 Å². The monoisotopic (exact) mass is 294 g/mol. The third-order valence-electron chi connectivity index (χ3n) is 4.07. The van der Waals surface area contributed by atoms with E-state index in [1.54, 1.807) is 14.2 Å². The van der Waals surface area contributed by atoms with Crippen LogP contribution < -0.4 is 15.2 Å². The molecule has 1 unspecified atom stereocenters. The molecule has 0 aliphatic rings. The van der Waals surface area contributed by atoms with E-state index in [1.165, 1.54) is 5.56 Å². The molecule has 4 nitrogen and oxygen atoms in total. The van der Waals surface area contributed by atoms with E-state index in [0.717, 1.165) is 37.6 Å². The quantitative estimate of drug-likeness (QED) is 0.760. The van der Waals surface area contributed by atoms with Gasteiger partial charge in [-0.3, -0.25) is 0 Å². The second-order valence-electron chi connectivity index (χ2n) is 5.84. The van der Waals surface area contributed by atoms with E-state index >= 15 is 0 Å². The van der Waals surface area contributed by atoms with Gasteiger partial charge in [-0.25, -0.2) is 0 Å². The molecule has 0 radical (unpaired) electrons. The fourth-order valence-corrected chi connectivity index (χ4v) is 2.66. The summed E-state index contributed by atoms with van der Waals surface area (Å²) in [5, 5.41) is 0. The normalized spacial score (nSPS) is 14.0. The van der Waals surface area contributed by atoms with Crippen molar-refractivity contribution >= 4 is 0 Å². The first-order valence-corrected chi connectivity index (χ1v) is 7.65. The van der Waals surface area contributed by atoms with Gasteiger partial charge >= 0.3 is 0 Å². The van der Waals surface area contributed by atoms with Crippen LogP contribution in [0.25, 0.3) is 0 Å². The molecule has 0 saturated carbocycles. The number of rotatable bonds is 9. The van der Waals surface area contributed by atoms with Crippen molar-refractivity contribution in [2.75, 3.05) is 40.4 Å². The molecule has 1 aromatic rings. The van der Waals surface area contributed by atoms with Gasteiger partial charge in [-0.05, 0) is 49.2 Å².